The van der Waals surface area contributed by atoms with Crippen LogP contribution in [0.3, 0.4) is 0 Å². The fourth-order valence-corrected chi connectivity index (χ4v) is 2.68. The lowest BCUT2D eigenvalue weighted by Crippen LogP contribution is -2.43. The van der Waals surface area contributed by atoms with Crippen molar-refractivity contribution in [2.45, 2.75) is 59.5 Å². The average molecular weight is 241 g/mol. The lowest BCUT2D eigenvalue weighted by atomic mass is 9.99. The van der Waals surface area contributed by atoms with E-state index >= 15 is 0 Å². The van der Waals surface area contributed by atoms with E-state index in [-0.39, 0.29) is 11.7 Å². The normalized spacial score (nSPS) is 27.2. The Morgan fingerprint density at radius 3 is 2.00 bits per heavy atom. The van der Waals surface area contributed by atoms with Crippen LogP contribution in [0.1, 0.15) is 53.9 Å². The van der Waals surface area contributed by atoms with Crippen LogP contribution in [0.2, 0.25) is 0 Å². The van der Waals surface area contributed by atoms with Crippen LogP contribution in [0.15, 0.2) is 0 Å². The summed E-state index contributed by atoms with van der Waals surface area (Å²) < 4.78 is 5.39. The van der Waals surface area contributed by atoms with Gasteiger partial charge in [0, 0.05) is 13.1 Å². The maximum Gasteiger partial charge on any atom is 0.410 e. The van der Waals surface area contributed by atoms with Crippen LogP contribution in [0.4, 0.5) is 4.79 Å². The van der Waals surface area contributed by atoms with Crippen molar-refractivity contribution < 1.29 is 9.53 Å². The number of hydrogen-bond donors (Lipinski definition) is 0. The van der Waals surface area contributed by atoms with Crippen molar-refractivity contribution in [2.24, 2.45) is 11.8 Å². The van der Waals surface area contributed by atoms with Crippen molar-refractivity contribution in [3.05, 3.63) is 0 Å². The first kappa shape index (κ1) is 14.3. The first-order valence-corrected chi connectivity index (χ1v) is 6.92. The zero-order valence-electron chi connectivity index (χ0n) is 12.0. The van der Waals surface area contributed by atoms with Crippen LogP contribution in [0.25, 0.3) is 0 Å². The molecule has 1 aliphatic carbocycles. The molecular weight excluding hydrogens is 214 g/mol. The van der Waals surface area contributed by atoms with E-state index in [9.17, 15) is 4.79 Å². The molecule has 0 aromatic rings. The van der Waals surface area contributed by atoms with E-state index in [0.717, 1.165) is 24.9 Å². The van der Waals surface area contributed by atoms with Gasteiger partial charge in [0.25, 0.3) is 0 Å². The third-order valence-electron chi connectivity index (χ3n) is 3.26. The Bertz CT molecular complexity index is 245. The number of nitrogens with zero attached hydrogens (tertiary/aromatic N) is 1. The molecule has 0 N–H and O–H groups in total. The minimum absolute atomic E-state index is 0.126. The number of carbonyl (C=O) groups excluding carboxylic acids is 1. The van der Waals surface area contributed by atoms with Crippen LogP contribution >= 0.6 is 0 Å². The van der Waals surface area contributed by atoms with E-state index in [0.29, 0.717) is 0 Å². The number of amides is 1. The van der Waals surface area contributed by atoms with Gasteiger partial charge in [-0.3, -0.25) is 0 Å². The predicted molar refractivity (Wildman–Crippen MR) is 70.0 cm³/mol. The summed E-state index contributed by atoms with van der Waals surface area (Å²) in [4.78, 5) is 13.7. The first-order chi connectivity index (χ1) is 7.94. The molecule has 1 saturated heterocycles. The molecule has 100 valence electrons. The van der Waals surface area contributed by atoms with E-state index in [4.69, 9.17) is 4.74 Å². The van der Waals surface area contributed by atoms with E-state index < -0.39 is 0 Å². The van der Waals surface area contributed by atoms with Gasteiger partial charge in [-0.15, -0.1) is 0 Å². The third-order valence-corrected chi connectivity index (χ3v) is 3.26. The molecule has 3 nitrogen and oxygen atoms in total. The van der Waals surface area contributed by atoms with E-state index in [1.807, 2.05) is 39.5 Å². The monoisotopic (exact) mass is 241 g/mol. The van der Waals surface area contributed by atoms with E-state index in [1.54, 1.807) is 0 Å². The molecule has 17 heavy (non-hydrogen) atoms. The molecule has 2 aliphatic rings. The summed E-state index contributed by atoms with van der Waals surface area (Å²) >= 11 is 0. The van der Waals surface area contributed by atoms with Gasteiger partial charge in [-0.1, -0.05) is 13.8 Å². The van der Waals surface area contributed by atoms with Gasteiger partial charge in [-0.05, 0) is 51.9 Å². The van der Waals surface area contributed by atoms with Crippen LogP contribution in [-0.2, 0) is 4.74 Å². The Kier molecular flexibility index (Phi) is 4.84. The second-order valence-electron chi connectivity index (χ2n) is 5.93. The van der Waals surface area contributed by atoms with E-state index in [2.05, 4.69) is 0 Å². The quantitative estimate of drug-likeness (QED) is 0.647. The van der Waals surface area contributed by atoms with Crippen LogP contribution in [0, 0.1) is 11.8 Å². The highest BCUT2D eigenvalue weighted by Gasteiger charge is 2.36. The SMILES string of the molecule is CC.CC(C)(C)OC(=O)N1CC2CCC(C2)C1. The second kappa shape index (κ2) is 5.74. The molecule has 0 aromatic heterocycles. The molecule has 2 atom stereocenters. The van der Waals surface area contributed by atoms with Crippen molar-refractivity contribution in [1.82, 2.24) is 4.90 Å². The molecule has 1 saturated carbocycles. The summed E-state index contributed by atoms with van der Waals surface area (Å²) in [5.74, 6) is 1.47. The maximum atomic E-state index is 11.8. The fourth-order valence-electron chi connectivity index (χ4n) is 2.68. The number of likely N-dealkylation sites (tertiary alicyclic amines) is 1. The summed E-state index contributed by atoms with van der Waals surface area (Å²) in [5, 5.41) is 0. The molecule has 0 radical (unpaired) electrons. The van der Waals surface area contributed by atoms with Gasteiger partial charge in [0.05, 0.1) is 0 Å². The highest BCUT2D eigenvalue weighted by Crippen LogP contribution is 2.36. The number of hydrogen-bond acceptors (Lipinski definition) is 2. The predicted octanol–water partition coefficient (Wildman–Crippen LogP) is 3.68. The molecule has 3 heteroatoms. The van der Waals surface area contributed by atoms with Crippen LogP contribution in [0.5, 0.6) is 0 Å². The smallest absolute Gasteiger partial charge is 0.410 e. The summed E-state index contributed by atoms with van der Waals surface area (Å²) in [6.07, 6.45) is 3.78. The lowest BCUT2D eigenvalue weighted by molar-refractivity contribution is 0.0154. The number of carbonyl (C=O) groups is 1. The lowest BCUT2D eigenvalue weighted by Gasteiger charge is -2.33. The van der Waals surface area contributed by atoms with Gasteiger partial charge in [-0.2, -0.15) is 0 Å². The molecule has 1 amide bonds. The van der Waals surface area contributed by atoms with Crippen LogP contribution in [-0.4, -0.2) is 29.7 Å². The number of fused-ring (bicyclic) bond motifs is 2. The Hall–Kier alpha value is -0.730. The van der Waals surface area contributed by atoms with Gasteiger partial charge in [-0.25, -0.2) is 4.79 Å². The molecule has 1 heterocycles. The summed E-state index contributed by atoms with van der Waals surface area (Å²) in [5.41, 5.74) is -0.367. The van der Waals surface area contributed by atoms with Gasteiger partial charge in [0.2, 0.25) is 0 Å². The molecule has 0 spiro atoms. The number of rotatable bonds is 0. The van der Waals surface area contributed by atoms with Gasteiger partial charge in [0.15, 0.2) is 0 Å². The fraction of sp³-hybridized carbons (Fsp3) is 0.929. The Morgan fingerprint density at radius 1 is 1.12 bits per heavy atom. The first-order valence-electron chi connectivity index (χ1n) is 6.92. The standard InChI is InChI=1S/C12H21NO2.C2H6/c1-12(2,3)15-11(14)13-7-9-4-5-10(6-9)8-13;1-2/h9-10H,4-8H2,1-3H3;1-2H3. The van der Waals surface area contributed by atoms with Crippen molar-refractivity contribution in [2.75, 3.05) is 13.1 Å². The molecule has 0 aromatic carbocycles. The van der Waals surface area contributed by atoms with E-state index in [1.165, 1.54) is 19.3 Å². The second-order valence-corrected chi connectivity index (χ2v) is 5.93. The largest absolute Gasteiger partial charge is 0.444 e. The number of ether oxygens (including phenoxy) is 1. The zero-order chi connectivity index (χ0) is 13.1. The Labute approximate surface area is 106 Å². The maximum absolute atomic E-state index is 11.8. The van der Waals surface area contributed by atoms with Crippen molar-refractivity contribution in [3.63, 3.8) is 0 Å². The molecule has 2 fully saturated rings. The van der Waals surface area contributed by atoms with Gasteiger partial charge in [0.1, 0.15) is 5.60 Å². The number of piperidine rings is 1. The molecule has 1 aliphatic heterocycles. The van der Waals surface area contributed by atoms with Crippen LogP contribution < -0.4 is 0 Å². The minimum Gasteiger partial charge on any atom is -0.444 e. The molecule has 2 bridgehead atoms. The van der Waals surface area contributed by atoms with Crippen molar-refractivity contribution >= 4 is 6.09 Å². The Morgan fingerprint density at radius 2 is 1.59 bits per heavy atom. The van der Waals surface area contributed by atoms with Crippen molar-refractivity contribution in [3.8, 4) is 0 Å². The summed E-state index contributed by atoms with van der Waals surface area (Å²) in [7, 11) is 0. The summed E-state index contributed by atoms with van der Waals surface area (Å²) in [6, 6.07) is 0. The highest BCUT2D eigenvalue weighted by molar-refractivity contribution is 5.68. The van der Waals surface area contributed by atoms with Crippen molar-refractivity contribution in [1.29, 1.82) is 0 Å². The third kappa shape index (κ3) is 4.21. The summed E-state index contributed by atoms with van der Waals surface area (Å²) in [6.45, 7) is 11.6. The highest BCUT2D eigenvalue weighted by atomic mass is 16.6. The van der Waals surface area contributed by atoms with Gasteiger partial charge < -0.3 is 9.64 Å². The molecule has 2 unspecified atom stereocenters. The van der Waals surface area contributed by atoms with Gasteiger partial charge >= 0.3 is 6.09 Å². The molecule has 2 rings (SSSR count). The average Bonchev–Trinajstić information content (AvgIpc) is 2.58. The minimum atomic E-state index is -0.367. The topological polar surface area (TPSA) is 29.5 Å². The Balaban J connectivity index is 0.000000686. The molecular formula is C14H27NO2. The zero-order valence-corrected chi connectivity index (χ0v) is 12.0.